The maximum atomic E-state index is 12.9. The van der Waals surface area contributed by atoms with Crippen molar-refractivity contribution in [3.63, 3.8) is 0 Å². The van der Waals surface area contributed by atoms with Gasteiger partial charge in [-0.05, 0) is 25.7 Å². The van der Waals surface area contributed by atoms with Gasteiger partial charge in [0.15, 0.2) is 0 Å². The van der Waals surface area contributed by atoms with Crippen LogP contribution < -0.4 is 0 Å². The van der Waals surface area contributed by atoms with Gasteiger partial charge in [-0.25, -0.2) is 4.79 Å². The molecule has 0 bridgehead atoms. The van der Waals surface area contributed by atoms with Crippen molar-refractivity contribution < 1.29 is 22.8 Å². The van der Waals surface area contributed by atoms with E-state index in [-0.39, 0.29) is 0 Å². The SMILES string of the molecule is CC(C)N1C(=O)N(CC(F)(F)F)C(C(C)C)(C(C)C)C1=O. The van der Waals surface area contributed by atoms with Crippen LogP contribution in [0.25, 0.3) is 0 Å². The quantitative estimate of drug-likeness (QED) is 0.748. The molecule has 1 rings (SSSR count). The van der Waals surface area contributed by atoms with Crippen molar-refractivity contribution in [3.8, 4) is 0 Å². The van der Waals surface area contributed by atoms with E-state index in [1.165, 1.54) is 0 Å². The van der Waals surface area contributed by atoms with Gasteiger partial charge in [-0.3, -0.25) is 14.6 Å². The van der Waals surface area contributed by atoms with Crippen LogP contribution in [0.3, 0.4) is 0 Å². The van der Waals surface area contributed by atoms with Crippen LogP contribution in [0.15, 0.2) is 0 Å². The van der Waals surface area contributed by atoms with Crippen molar-refractivity contribution in [2.45, 2.75) is 59.3 Å². The van der Waals surface area contributed by atoms with Gasteiger partial charge in [-0.2, -0.15) is 13.2 Å². The number of carbonyl (C=O) groups excluding carboxylic acids is 2. The summed E-state index contributed by atoms with van der Waals surface area (Å²) in [5, 5.41) is 0. The smallest absolute Gasteiger partial charge is 0.300 e. The summed E-state index contributed by atoms with van der Waals surface area (Å²) in [7, 11) is 0. The van der Waals surface area contributed by atoms with Crippen LogP contribution in [-0.2, 0) is 4.79 Å². The number of halogens is 3. The summed E-state index contributed by atoms with van der Waals surface area (Å²) in [5.41, 5.74) is -1.45. The first-order valence-corrected chi connectivity index (χ1v) is 7.09. The molecule has 1 fully saturated rings. The number of rotatable bonds is 4. The first kappa shape index (κ1) is 17.8. The molecule has 0 radical (unpaired) electrons. The molecule has 3 amide bonds. The molecule has 1 heterocycles. The fourth-order valence-corrected chi connectivity index (χ4v) is 3.30. The average molecular weight is 308 g/mol. The second-order valence-electron chi connectivity index (χ2n) is 6.39. The molecular weight excluding hydrogens is 285 g/mol. The molecule has 21 heavy (non-hydrogen) atoms. The molecule has 122 valence electrons. The third-order valence-corrected chi connectivity index (χ3v) is 4.06. The summed E-state index contributed by atoms with van der Waals surface area (Å²) in [5.74, 6) is -1.36. The molecule has 1 saturated heterocycles. The Balaban J connectivity index is 3.46. The Bertz CT molecular complexity index is 422. The zero-order valence-corrected chi connectivity index (χ0v) is 13.3. The average Bonchev–Trinajstić information content (AvgIpc) is 2.45. The third-order valence-electron chi connectivity index (χ3n) is 4.06. The number of carbonyl (C=O) groups is 2. The Morgan fingerprint density at radius 2 is 1.43 bits per heavy atom. The molecule has 0 unspecified atom stereocenters. The summed E-state index contributed by atoms with van der Waals surface area (Å²) >= 11 is 0. The normalized spacial score (nSPS) is 19.6. The van der Waals surface area contributed by atoms with Gasteiger partial charge in [-0.15, -0.1) is 0 Å². The lowest BCUT2D eigenvalue weighted by molar-refractivity contribution is -0.159. The molecule has 0 atom stereocenters. The monoisotopic (exact) mass is 308 g/mol. The fraction of sp³-hybridized carbons (Fsp3) is 0.857. The van der Waals surface area contributed by atoms with E-state index in [9.17, 15) is 22.8 Å². The van der Waals surface area contributed by atoms with Crippen molar-refractivity contribution in [2.75, 3.05) is 6.54 Å². The Labute approximate surface area is 123 Å². The molecule has 0 spiro atoms. The highest BCUT2D eigenvalue weighted by Crippen LogP contribution is 2.42. The molecule has 0 saturated carbocycles. The van der Waals surface area contributed by atoms with E-state index in [4.69, 9.17) is 0 Å². The van der Waals surface area contributed by atoms with E-state index >= 15 is 0 Å². The topological polar surface area (TPSA) is 40.6 Å². The molecule has 0 aromatic carbocycles. The highest BCUT2D eigenvalue weighted by atomic mass is 19.4. The fourth-order valence-electron chi connectivity index (χ4n) is 3.30. The van der Waals surface area contributed by atoms with Gasteiger partial charge in [0.1, 0.15) is 12.1 Å². The van der Waals surface area contributed by atoms with Crippen molar-refractivity contribution >= 4 is 11.9 Å². The van der Waals surface area contributed by atoms with Gasteiger partial charge in [0, 0.05) is 6.04 Å². The van der Waals surface area contributed by atoms with Crippen LogP contribution in [0, 0.1) is 11.8 Å². The summed E-state index contributed by atoms with van der Waals surface area (Å²) in [6, 6.07) is -1.32. The number of alkyl halides is 3. The number of hydrogen-bond donors (Lipinski definition) is 0. The van der Waals surface area contributed by atoms with Gasteiger partial charge < -0.3 is 0 Å². The molecule has 1 aliphatic rings. The number of imide groups is 1. The molecule has 7 heteroatoms. The Hall–Kier alpha value is -1.27. The minimum atomic E-state index is -4.54. The minimum absolute atomic E-state index is 0.417. The van der Waals surface area contributed by atoms with Crippen LogP contribution in [0.2, 0.25) is 0 Å². The molecular formula is C14H23F3N2O2. The minimum Gasteiger partial charge on any atom is -0.300 e. The van der Waals surface area contributed by atoms with E-state index in [0.29, 0.717) is 4.90 Å². The predicted octanol–water partition coefficient (Wildman–Crippen LogP) is 3.27. The molecule has 1 aliphatic heterocycles. The van der Waals surface area contributed by atoms with E-state index < -0.39 is 48.1 Å². The van der Waals surface area contributed by atoms with Gasteiger partial charge in [0.05, 0.1) is 0 Å². The molecule has 0 N–H and O–H groups in total. The molecule has 0 aromatic rings. The zero-order valence-electron chi connectivity index (χ0n) is 13.3. The Morgan fingerprint density at radius 3 is 1.71 bits per heavy atom. The van der Waals surface area contributed by atoms with E-state index in [2.05, 4.69) is 0 Å². The van der Waals surface area contributed by atoms with Gasteiger partial charge >= 0.3 is 12.2 Å². The Kier molecular flexibility index (Phi) is 4.65. The van der Waals surface area contributed by atoms with Crippen LogP contribution >= 0.6 is 0 Å². The van der Waals surface area contributed by atoms with Crippen molar-refractivity contribution in [1.82, 2.24) is 9.80 Å². The number of nitrogens with zero attached hydrogens (tertiary/aromatic N) is 2. The highest BCUT2D eigenvalue weighted by Gasteiger charge is 2.62. The van der Waals surface area contributed by atoms with Gasteiger partial charge in [0.25, 0.3) is 5.91 Å². The lowest BCUT2D eigenvalue weighted by Crippen LogP contribution is -2.59. The molecule has 4 nitrogen and oxygen atoms in total. The highest BCUT2D eigenvalue weighted by molar-refractivity contribution is 6.07. The van der Waals surface area contributed by atoms with Gasteiger partial charge in [0.2, 0.25) is 0 Å². The van der Waals surface area contributed by atoms with E-state index in [1.807, 2.05) is 0 Å². The van der Waals surface area contributed by atoms with E-state index in [0.717, 1.165) is 4.90 Å². The third kappa shape index (κ3) is 2.74. The number of amides is 3. The summed E-state index contributed by atoms with van der Waals surface area (Å²) in [6.45, 7) is 8.56. The second-order valence-corrected chi connectivity index (χ2v) is 6.39. The van der Waals surface area contributed by atoms with E-state index in [1.54, 1.807) is 41.5 Å². The summed E-state index contributed by atoms with van der Waals surface area (Å²) in [6.07, 6.45) is -4.54. The van der Waals surface area contributed by atoms with Crippen LogP contribution in [-0.4, -0.2) is 46.0 Å². The lowest BCUT2D eigenvalue weighted by atomic mass is 9.75. The van der Waals surface area contributed by atoms with Crippen LogP contribution in [0.1, 0.15) is 41.5 Å². The standard InChI is InChI=1S/C14H23F3N2O2/c1-8(2)14(9(3)4)11(20)19(10(5)6)12(21)18(14)7-13(15,16)17/h8-10H,7H2,1-6H3. The number of hydrogen-bond acceptors (Lipinski definition) is 2. The van der Waals surface area contributed by atoms with Crippen LogP contribution in [0.4, 0.5) is 18.0 Å². The van der Waals surface area contributed by atoms with Crippen LogP contribution in [0.5, 0.6) is 0 Å². The lowest BCUT2D eigenvalue weighted by Gasteiger charge is -2.42. The summed E-state index contributed by atoms with van der Waals surface area (Å²) < 4.78 is 38.6. The Morgan fingerprint density at radius 1 is 1.00 bits per heavy atom. The van der Waals surface area contributed by atoms with Crippen molar-refractivity contribution in [3.05, 3.63) is 0 Å². The number of urea groups is 1. The maximum Gasteiger partial charge on any atom is 0.406 e. The van der Waals surface area contributed by atoms with Crippen molar-refractivity contribution in [1.29, 1.82) is 0 Å². The maximum absolute atomic E-state index is 12.9. The first-order chi connectivity index (χ1) is 9.37. The largest absolute Gasteiger partial charge is 0.406 e. The predicted molar refractivity (Wildman–Crippen MR) is 72.5 cm³/mol. The molecule has 0 aromatic heterocycles. The summed E-state index contributed by atoms with van der Waals surface area (Å²) in [4.78, 5) is 26.8. The first-order valence-electron chi connectivity index (χ1n) is 7.09. The van der Waals surface area contributed by atoms with Gasteiger partial charge in [-0.1, -0.05) is 27.7 Å². The zero-order chi connectivity index (χ0) is 16.7. The van der Waals surface area contributed by atoms with Crippen molar-refractivity contribution in [2.24, 2.45) is 11.8 Å². The molecule has 0 aliphatic carbocycles. The second kappa shape index (κ2) is 5.50.